The van der Waals surface area contributed by atoms with Gasteiger partial charge < -0.3 is 5.11 Å². The molecule has 0 bridgehead atoms. The zero-order valence-electron chi connectivity index (χ0n) is 11.9. The molecule has 4 nitrogen and oxygen atoms in total. The van der Waals surface area contributed by atoms with Gasteiger partial charge in [-0.1, -0.05) is 25.6 Å². The van der Waals surface area contributed by atoms with E-state index >= 15 is 0 Å². The average molecular weight is 387 g/mol. The van der Waals surface area contributed by atoms with Crippen LogP contribution in [0.25, 0.3) is 0 Å². The zero-order valence-corrected chi connectivity index (χ0v) is 15.1. The van der Waals surface area contributed by atoms with Gasteiger partial charge >= 0.3 is 5.97 Å². The number of aryl methyl sites for hydroxylation is 1. The molecule has 0 fully saturated rings. The summed E-state index contributed by atoms with van der Waals surface area (Å²) in [7, 11) is 0. The minimum Gasteiger partial charge on any atom is -0.478 e. The van der Waals surface area contributed by atoms with Gasteiger partial charge in [0.15, 0.2) is 0 Å². The quantitative estimate of drug-likeness (QED) is 0.594. The number of nitrogens with zero attached hydrogens (tertiary/aromatic N) is 2. The SMILES string of the molecule is Cc1nc(C(C)C)nc(SCc2ccc(Br)s2)c1C(=O)O. The summed E-state index contributed by atoms with van der Waals surface area (Å²) in [6.07, 6.45) is 0. The molecule has 2 aromatic heterocycles. The van der Waals surface area contributed by atoms with Crippen molar-refractivity contribution in [2.75, 3.05) is 0 Å². The minimum atomic E-state index is -0.974. The van der Waals surface area contributed by atoms with Gasteiger partial charge in [-0.05, 0) is 35.0 Å². The van der Waals surface area contributed by atoms with E-state index in [1.54, 1.807) is 18.3 Å². The second kappa shape index (κ2) is 6.89. The maximum atomic E-state index is 11.4. The van der Waals surface area contributed by atoms with E-state index in [0.717, 1.165) is 3.79 Å². The van der Waals surface area contributed by atoms with Gasteiger partial charge in [-0.25, -0.2) is 14.8 Å². The number of thiophene rings is 1. The van der Waals surface area contributed by atoms with Crippen molar-refractivity contribution in [1.82, 2.24) is 9.97 Å². The Kier molecular flexibility index (Phi) is 5.40. The number of carboxylic acids is 1. The number of aromatic carboxylic acids is 1. The van der Waals surface area contributed by atoms with Crippen LogP contribution in [0.5, 0.6) is 0 Å². The molecule has 0 saturated carbocycles. The van der Waals surface area contributed by atoms with E-state index in [1.807, 2.05) is 26.0 Å². The maximum Gasteiger partial charge on any atom is 0.340 e. The number of thioether (sulfide) groups is 1. The third kappa shape index (κ3) is 4.05. The summed E-state index contributed by atoms with van der Waals surface area (Å²) in [5.74, 6) is 0.580. The molecule has 0 aliphatic heterocycles. The van der Waals surface area contributed by atoms with E-state index < -0.39 is 5.97 Å². The van der Waals surface area contributed by atoms with Crippen LogP contribution in [0.2, 0.25) is 0 Å². The molecule has 0 aromatic carbocycles. The molecule has 0 spiro atoms. The second-order valence-electron chi connectivity index (χ2n) is 4.80. The molecule has 112 valence electrons. The molecule has 2 aromatic rings. The number of aromatic nitrogens is 2. The molecule has 0 radical (unpaired) electrons. The summed E-state index contributed by atoms with van der Waals surface area (Å²) < 4.78 is 1.07. The van der Waals surface area contributed by atoms with Crippen LogP contribution in [-0.2, 0) is 5.75 Å². The van der Waals surface area contributed by atoms with Crippen LogP contribution < -0.4 is 0 Å². The molecule has 0 aliphatic carbocycles. The van der Waals surface area contributed by atoms with Gasteiger partial charge in [0.25, 0.3) is 0 Å². The van der Waals surface area contributed by atoms with E-state index in [9.17, 15) is 9.90 Å². The van der Waals surface area contributed by atoms with Gasteiger partial charge in [-0.3, -0.25) is 0 Å². The number of carboxylic acid groups (broad SMARTS) is 1. The molecule has 7 heteroatoms. The highest BCUT2D eigenvalue weighted by molar-refractivity contribution is 9.11. The molecule has 0 unspecified atom stereocenters. The van der Waals surface area contributed by atoms with E-state index in [2.05, 4.69) is 25.9 Å². The predicted molar refractivity (Wildman–Crippen MR) is 89.4 cm³/mol. The van der Waals surface area contributed by atoms with Crippen molar-refractivity contribution in [3.05, 3.63) is 37.9 Å². The van der Waals surface area contributed by atoms with Gasteiger partial charge in [0.2, 0.25) is 0 Å². The topological polar surface area (TPSA) is 63.1 Å². The highest BCUT2D eigenvalue weighted by atomic mass is 79.9. The Hall–Kier alpha value is -0.920. The number of halogens is 1. The lowest BCUT2D eigenvalue weighted by Crippen LogP contribution is -2.10. The van der Waals surface area contributed by atoms with Crippen molar-refractivity contribution in [3.63, 3.8) is 0 Å². The second-order valence-corrected chi connectivity index (χ2v) is 8.31. The van der Waals surface area contributed by atoms with Crippen molar-refractivity contribution in [3.8, 4) is 0 Å². The largest absolute Gasteiger partial charge is 0.478 e. The van der Waals surface area contributed by atoms with Crippen LogP contribution in [0.15, 0.2) is 20.9 Å². The third-order valence-corrected chi connectivity index (χ3v) is 5.61. The number of rotatable bonds is 5. The predicted octanol–water partition coefficient (Wildman–Crippen LogP) is 4.72. The van der Waals surface area contributed by atoms with Crippen molar-refractivity contribution in [2.45, 2.75) is 37.5 Å². The molecule has 0 amide bonds. The Morgan fingerprint density at radius 2 is 2.14 bits per heavy atom. The highest BCUT2D eigenvalue weighted by Crippen LogP contribution is 2.31. The van der Waals surface area contributed by atoms with Crippen molar-refractivity contribution in [2.24, 2.45) is 0 Å². The number of hydrogen-bond acceptors (Lipinski definition) is 5. The van der Waals surface area contributed by atoms with E-state index in [1.165, 1.54) is 16.6 Å². The Morgan fingerprint density at radius 3 is 2.67 bits per heavy atom. The summed E-state index contributed by atoms with van der Waals surface area (Å²) in [5.41, 5.74) is 0.732. The van der Waals surface area contributed by atoms with Crippen molar-refractivity contribution in [1.29, 1.82) is 0 Å². The lowest BCUT2D eigenvalue weighted by molar-refractivity contribution is 0.0690. The van der Waals surface area contributed by atoms with Crippen LogP contribution >= 0.6 is 39.0 Å². The third-order valence-electron chi connectivity index (χ3n) is 2.78. The lowest BCUT2D eigenvalue weighted by atomic mass is 10.2. The van der Waals surface area contributed by atoms with Gasteiger partial charge in [0.1, 0.15) is 16.4 Å². The fraction of sp³-hybridized carbons (Fsp3) is 0.357. The van der Waals surface area contributed by atoms with Crippen molar-refractivity contribution < 1.29 is 9.90 Å². The Labute approximate surface area is 140 Å². The maximum absolute atomic E-state index is 11.4. The molecule has 1 N–H and O–H groups in total. The normalized spacial score (nSPS) is 11.1. The first-order chi connectivity index (χ1) is 9.88. The number of carbonyl (C=O) groups is 1. The minimum absolute atomic E-state index is 0.168. The van der Waals surface area contributed by atoms with Crippen LogP contribution in [0.3, 0.4) is 0 Å². The van der Waals surface area contributed by atoms with Crippen molar-refractivity contribution >= 4 is 45.0 Å². The number of hydrogen-bond donors (Lipinski definition) is 1. The molecule has 21 heavy (non-hydrogen) atoms. The summed E-state index contributed by atoms with van der Waals surface area (Å²) in [4.78, 5) is 21.4. The van der Waals surface area contributed by atoms with Gasteiger partial charge in [-0.15, -0.1) is 11.3 Å². The molecular weight excluding hydrogens is 372 g/mol. The fourth-order valence-electron chi connectivity index (χ4n) is 1.75. The van der Waals surface area contributed by atoms with Crippen LogP contribution in [0.4, 0.5) is 0 Å². The van der Waals surface area contributed by atoms with Gasteiger partial charge in [0, 0.05) is 16.5 Å². The summed E-state index contributed by atoms with van der Waals surface area (Å²) in [5, 5.41) is 9.92. The Morgan fingerprint density at radius 1 is 1.43 bits per heavy atom. The molecule has 2 rings (SSSR count). The Bertz CT molecular complexity index is 671. The van der Waals surface area contributed by atoms with Crippen LogP contribution in [0.1, 0.15) is 46.5 Å². The molecular formula is C14H15BrN2O2S2. The van der Waals surface area contributed by atoms with Gasteiger partial charge in [-0.2, -0.15) is 0 Å². The highest BCUT2D eigenvalue weighted by Gasteiger charge is 2.19. The smallest absolute Gasteiger partial charge is 0.340 e. The molecule has 0 atom stereocenters. The summed E-state index contributed by atoms with van der Waals surface area (Å²) >= 11 is 6.51. The van der Waals surface area contributed by atoms with Gasteiger partial charge in [0.05, 0.1) is 9.48 Å². The standard InChI is InChI=1S/C14H15BrN2O2S2/c1-7(2)12-16-8(3)11(14(18)19)13(17-12)20-6-9-4-5-10(15)21-9/h4-5,7H,6H2,1-3H3,(H,18,19). The first kappa shape index (κ1) is 16.5. The Balaban J connectivity index is 2.32. The zero-order chi connectivity index (χ0) is 15.6. The van der Waals surface area contributed by atoms with E-state index in [-0.39, 0.29) is 11.5 Å². The first-order valence-corrected chi connectivity index (χ1v) is 8.96. The molecule has 0 aliphatic rings. The average Bonchev–Trinajstić information content (AvgIpc) is 2.80. The summed E-state index contributed by atoms with van der Waals surface area (Å²) in [6, 6.07) is 4.02. The monoisotopic (exact) mass is 386 g/mol. The van der Waals surface area contributed by atoms with E-state index in [0.29, 0.717) is 22.3 Å². The molecule has 0 saturated heterocycles. The fourth-order valence-corrected chi connectivity index (χ4v) is 4.35. The molecule has 2 heterocycles. The lowest BCUT2D eigenvalue weighted by Gasteiger charge is -2.11. The summed E-state index contributed by atoms with van der Waals surface area (Å²) in [6.45, 7) is 5.73. The van der Waals surface area contributed by atoms with Crippen LogP contribution in [0, 0.1) is 6.92 Å². The first-order valence-electron chi connectivity index (χ1n) is 6.37. The van der Waals surface area contributed by atoms with Crippen LogP contribution in [-0.4, -0.2) is 21.0 Å². The van der Waals surface area contributed by atoms with E-state index in [4.69, 9.17) is 0 Å².